The number of aromatic nitrogens is 5. The van der Waals surface area contributed by atoms with Crippen molar-refractivity contribution < 1.29 is 0 Å². The van der Waals surface area contributed by atoms with E-state index in [1.165, 1.54) is 0 Å². The third-order valence-corrected chi connectivity index (χ3v) is 10.4. The predicted molar refractivity (Wildman–Crippen MR) is 222 cm³/mol. The van der Waals surface area contributed by atoms with Gasteiger partial charge in [0.1, 0.15) is 0 Å². The van der Waals surface area contributed by atoms with Gasteiger partial charge in [-0.05, 0) is 94.7 Å². The van der Waals surface area contributed by atoms with Crippen LogP contribution in [0.1, 0.15) is 0 Å². The summed E-state index contributed by atoms with van der Waals surface area (Å²) in [6, 6.07) is 59.3. The van der Waals surface area contributed by atoms with Gasteiger partial charge in [0, 0.05) is 44.3 Å². The number of rotatable bonds is 4. The summed E-state index contributed by atoms with van der Waals surface area (Å²) in [6.45, 7) is 0. The fourth-order valence-electron chi connectivity index (χ4n) is 7.57. The Morgan fingerprint density at radius 2 is 0.704 bits per heavy atom. The first-order chi connectivity index (χ1) is 26.7. The van der Waals surface area contributed by atoms with E-state index in [1.54, 1.807) is 0 Å². The molecule has 0 spiro atoms. The molecule has 5 heterocycles. The number of benzene rings is 6. The Labute approximate surface area is 310 Å². The molecular formula is C49H29N5. The molecule has 250 valence electrons. The normalized spacial score (nSPS) is 11.7. The maximum atomic E-state index is 5.08. The van der Waals surface area contributed by atoms with E-state index in [-0.39, 0.29) is 0 Å². The molecule has 0 amide bonds. The molecule has 0 unspecified atom stereocenters. The Bertz CT molecular complexity index is 3300. The SMILES string of the molecule is c1ccc2nc(-c3ccc4cc(-c5ccc6nc(-c7ccc8cc(-c9ccc%10ccc%11cccnc%11c%10n9)ccc8c7)ccc6c5)ccc4n3)ccc2c1. The van der Waals surface area contributed by atoms with Gasteiger partial charge in [0.15, 0.2) is 0 Å². The Hall–Kier alpha value is -7.37. The van der Waals surface area contributed by atoms with Crippen LogP contribution >= 0.6 is 0 Å². The summed E-state index contributed by atoms with van der Waals surface area (Å²) >= 11 is 0. The lowest BCUT2D eigenvalue weighted by Crippen LogP contribution is -1.90. The van der Waals surface area contributed by atoms with Crippen LogP contribution in [0.25, 0.3) is 110 Å². The quantitative estimate of drug-likeness (QED) is 0.172. The van der Waals surface area contributed by atoms with Crippen molar-refractivity contribution in [3.63, 3.8) is 0 Å². The Balaban J connectivity index is 0.867. The zero-order valence-corrected chi connectivity index (χ0v) is 29.0. The number of hydrogen-bond donors (Lipinski definition) is 0. The van der Waals surface area contributed by atoms with Crippen molar-refractivity contribution in [3.05, 3.63) is 176 Å². The largest absolute Gasteiger partial charge is 0.254 e. The lowest BCUT2D eigenvalue weighted by atomic mass is 9.99. The first-order valence-electron chi connectivity index (χ1n) is 18.1. The van der Waals surface area contributed by atoms with Crippen LogP contribution in [0.2, 0.25) is 0 Å². The molecule has 11 rings (SSSR count). The molecule has 5 nitrogen and oxygen atoms in total. The highest BCUT2D eigenvalue weighted by atomic mass is 14.8. The van der Waals surface area contributed by atoms with Gasteiger partial charge in [0.05, 0.1) is 50.4 Å². The zero-order chi connectivity index (χ0) is 35.6. The molecule has 5 heteroatoms. The molecule has 0 fully saturated rings. The van der Waals surface area contributed by atoms with E-state index in [4.69, 9.17) is 19.9 Å². The van der Waals surface area contributed by atoms with Gasteiger partial charge < -0.3 is 0 Å². The average molecular weight is 688 g/mol. The molecule has 0 aliphatic carbocycles. The van der Waals surface area contributed by atoms with Crippen molar-refractivity contribution in [2.24, 2.45) is 0 Å². The predicted octanol–water partition coefficient (Wildman–Crippen LogP) is 12.2. The van der Waals surface area contributed by atoms with Crippen LogP contribution in [0, 0.1) is 0 Å². The standard InChI is InChI=1S/C49H29N5/c1-2-6-41-30(4-1)13-23-46(52-41)47-24-18-40-29-36(16-21-44(40)53-47)35-15-20-42-39(28-35)17-22-43(51-42)37-11-9-34-27-38(12-10-33(34)26-37)45-19-14-32-8-7-31-5-3-25-50-48(31)49(32)54-45/h1-29H. The summed E-state index contributed by atoms with van der Waals surface area (Å²) in [5.41, 5.74) is 12.8. The molecule has 54 heavy (non-hydrogen) atoms. The maximum Gasteiger partial charge on any atom is 0.0972 e. The van der Waals surface area contributed by atoms with Crippen LogP contribution in [0.5, 0.6) is 0 Å². The molecule has 0 aliphatic rings. The summed E-state index contributed by atoms with van der Waals surface area (Å²) in [6.07, 6.45) is 1.83. The van der Waals surface area contributed by atoms with Gasteiger partial charge >= 0.3 is 0 Å². The summed E-state index contributed by atoms with van der Waals surface area (Å²) in [4.78, 5) is 24.6. The maximum absolute atomic E-state index is 5.08. The molecule has 0 N–H and O–H groups in total. The highest BCUT2D eigenvalue weighted by Gasteiger charge is 2.11. The Morgan fingerprint density at radius 1 is 0.259 bits per heavy atom. The summed E-state index contributed by atoms with van der Waals surface area (Å²) < 4.78 is 0. The molecule has 5 aromatic heterocycles. The zero-order valence-electron chi connectivity index (χ0n) is 29.0. The second-order valence-electron chi connectivity index (χ2n) is 13.8. The Kier molecular flexibility index (Phi) is 6.79. The monoisotopic (exact) mass is 687 g/mol. The molecule has 0 bridgehead atoms. The summed E-state index contributed by atoms with van der Waals surface area (Å²) in [5.74, 6) is 0. The molecule has 0 saturated carbocycles. The highest BCUT2D eigenvalue weighted by Crippen LogP contribution is 2.32. The van der Waals surface area contributed by atoms with Gasteiger partial charge in [-0.3, -0.25) is 4.98 Å². The fourth-order valence-corrected chi connectivity index (χ4v) is 7.57. The highest BCUT2D eigenvalue weighted by molar-refractivity contribution is 6.03. The summed E-state index contributed by atoms with van der Waals surface area (Å²) in [5, 5.41) is 7.82. The molecule has 6 aromatic carbocycles. The Morgan fingerprint density at radius 3 is 1.39 bits per heavy atom. The first-order valence-corrected chi connectivity index (χ1v) is 18.1. The topological polar surface area (TPSA) is 64.5 Å². The molecule has 11 aromatic rings. The minimum atomic E-state index is 0.870. The van der Waals surface area contributed by atoms with E-state index in [0.29, 0.717) is 0 Å². The van der Waals surface area contributed by atoms with E-state index in [2.05, 4.69) is 145 Å². The van der Waals surface area contributed by atoms with Gasteiger partial charge in [-0.15, -0.1) is 0 Å². The number of nitrogens with zero attached hydrogens (tertiary/aromatic N) is 5. The second-order valence-corrected chi connectivity index (χ2v) is 13.8. The smallest absolute Gasteiger partial charge is 0.0972 e. The van der Waals surface area contributed by atoms with Gasteiger partial charge in [0.25, 0.3) is 0 Å². The number of fused-ring (bicyclic) bond motifs is 7. The average Bonchev–Trinajstić information content (AvgIpc) is 3.25. The van der Waals surface area contributed by atoms with Crippen LogP contribution < -0.4 is 0 Å². The van der Waals surface area contributed by atoms with Gasteiger partial charge in [0.2, 0.25) is 0 Å². The molecule has 0 aliphatic heterocycles. The third kappa shape index (κ3) is 5.22. The molecular weight excluding hydrogens is 659 g/mol. The van der Waals surface area contributed by atoms with E-state index in [9.17, 15) is 0 Å². The second kappa shape index (κ2) is 12.1. The van der Waals surface area contributed by atoms with Crippen LogP contribution in [0.3, 0.4) is 0 Å². The van der Waals surface area contributed by atoms with Gasteiger partial charge in [-0.2, -0.15) is 0 Å². The summed E-state index contributed by atoms with van der Waals surface area (Å²) in [7, 11) is 0. The molecule has 0 radical (unpaired) electrons. The fraction of sp³-hybridized carbons (Fsp3) is 0. The number of para-hydroxylation sites is 1. The van der Waals surface area contributed by atoms with Crippen LogP contribution in [-0.4, -0.2) is 24.9 Å². The van der Waals surface area contributed by atoms with E-state index in [1.807, 2.05) is 36.5 Å². The number of hydrogen-bond acceptors (Lipinski definition) is 5. The van der Waals surface area contributed by atoms with E-state index >= 15 is 0 Å². The minimum Gasteiger partial charge on any atom is -0.254 e. The van der Waals surface area contributed by atoms with Crippen molar-refractivity contribution in [3.8, 4) is 45.0 Å². The lowest BCUT2D eigenvalue weighted by Gasteiger charge is -2.10. The van der Waals surface area contributed by atoms with Crippen LogP contribution in [-0.2, 0) is 0 Å². The third-order valence-electron chi connectivity index (χ3n) is 10.4. The first kappa shape index (κ1) is 30.3. The molecule has 0 saturated heterocycles. The van der Waals surface area contributed by atoms with Crippen LogP contribution in [0.15, 0.2) is 176 Å². The lowest BCUT2D eigenvalue weighted by molar-refractivity contribution is 1.32. The van der Waals surface area contributed by atoms with Crippen molar-refractivity contribution in [2.75, 3.05) is 0 Å². The van der Waals surface area contributed by atoms with Crippen molar-refractivity contribution in [2.45, 2.75) is 0 Å². The van der Waals surface area contributed by atoms with Gasteiger partial charge in [-0.1, -0.05) is 97.1 Å². The van der Waals surface area contributed by atoms with Gasteiger partial charge in [-0.25, -0.2) is 19.9 Å². The molecule has 0 atom stereocenters. The minimum absolute atomic E-state index is 0.870. The van der Waals surface area contributed by atoms with Crippen molar-refractivity contribution in [1.82, 2.24) is 24.9 Å². The van der Waals surface area contributed by atoms with Crippen LogP contribution in [0.4, 0.5) is 0 Å². The van der Waals surface area contributed by atoms with Crippen molar-refractivity contribution in [1.29, 1.82) is 0 Å². The number of pyridine rings is 5. The van der Waals surface area contributed by atoms with Crippen molar-refractivity contribution >= 4 is 65.3 Å². The van der Waals surface area contributed by atoms with E-state index in [0.717, 1.165) is 110 Å². The van der Waals surface area contributed by atoms with E-state index < -0.39 is 0 Å².